The van der Waals surface area contributed by atoms with Crippen molar-refractivity contribution < 1.29 is 9.84 Å². The van der Waals surface area contributed by atoms with Gasteiger partial charge in [0.2, 0.25) is 0 Å². The molecule has 0 aliphatic heterocycles. The van der Waals surface area contributed by atoms with Gasteiger partial charge in [0.25, 0.3) is 0 Å². The Morgan fingerprint density at radius 2 is 2.43 bits per heavy atom. The van der Waals surface area contributed by atoms with Crippen LogP contribution in [-0.4, -0.2) is 28.9 Å². The Labute approximate surface area is 83.7 Å². The number of methoxy groups -OCH3 is 1. The topological polar surface area (TPSA) is 42.4 Å². The van der Waals surface area contributed by atoms with E-state index in [0.717, 1.165) is 18.4 Å². The van der Waals surface area contributed by atoms with E-state index in [1.807, 2.05) is 12.1 Å². The van der Waals surface area contributed by atoms with Crippen molar-refractivity contribution in [2.24, 2.45) is 0 Å². The van der Waals surface area contributed by atoms with Crippen molar-refractivity contribution in [3.05, 3.63) is 30.1 Å². The van der Waals surface area contributed by atoms with E-state index in [4.69, 9.17) is 4.74 Å². The van der Waals surface area contributed by atoms with Crippen molar-refractivity contribution in [1.29, 1.82) is 0 Å². The number of rotatable bonds is 3. The first-order valence-corrected chi connectivity index (χ1v) is 4.86. The van der Waals surface area contributed by atoms with E-state index in [-0.39, 0.29) is 6.10 Å². The molecule has 1 heterocycles. The quantitative estimate of drug-likeness (QED) is 0.783. The molecular weight excluding hydrogens is 178 g/mol. The van der Waals surface area contributed by atoms with Crippen LogP contribution < -0.4 is 0 Å². The minimum absolute atomic E-state index is 0.233. The maximum absolute atomic E-state index is 10.1. The van der Waals surface area contributed by atoms with Crippen molar-refractivity contribution in [3.8, 4) is 0 Å². The molecule has 0 atom stereocenters. The fourth-order valence-corrected chi connectivity index (χ4v) is 1.98. The van der Waals surface area contributed by atoms with E-state index < -0.39 is 5.60 Å². The zero-order valence-corrected chi connectivity index (χ0v) is 8.31. The van der Waals surface area contributed by atoms with Gasteiger partial charge in [0.15, 0.2) is 0 Å². The van der Waals surface area contributed by atoms with Crippen molar-refractivity contribution in [2.75, 3.05) is 7.11 Å². The molecule has 1 aliphatic carbocycles. The number of nitrogens with zero attached hydrogens (tertiary/aromatic N) is 1. The highest BCUT2D eigenvalue weighted by molar-refractivity contribution is 5.14. The molecule has 3 heteroatoms. The SMILES string of the molecule is COC1CC(O)(Cc2cccnc2)C1. The van der Waals surface area contributed by atoms with Gasteiger partial charge in [-0.25, -0.2) is 0 Å². The molecule has 0 saturated heterocycles. The highest BCUT2D eigenvalue weighted by Crippen LogP contribution is 2.36. The van der Waals surface area contributed by atoms with Crippen molar-refractivity contribution >= 4 is 0 Å². The predicted octanol–water partition coefficient (Wildman–Crippen LogP) is 1.16. The molecule has 1 aliphatic rings. The lowest BCUT2D eigenvalue weighted by Gasteiger charge is -2.42. The fourth-order valence-electron chi connectivity index (χ4n) is 1.98. The van der Waals surface area contributed by atoms with Crippen LogP contribution in [0.15, 0.2) is 24.5 Å². The molecule has 0 spiro atoms. The number of pyridine rings is 1. The van der Waals surface area contributed by atoms with Gasteiger partial charge in [0, 0.05) is 38.8 Å². The molecule has 0 unspecified atom stereocenters. The molecule has 0 aromatic carbocycles. The van der Waals surface area contributed by atoms with Crippen molar-refractivity contribution in [1.82, 2.24) is 4.98 Å². The summed E-state index contributed by atoms with van der Waals surface area (Å²) in [5, 5.41) is 10.1. The number of aromatic nitrogens is 1. The first kappa shape index (κ1) is 9.62. The first-order valence-electron chi connectivity index (χ1n) is 4.86. The van der Waals surface area contributed by atoms with Gasteiger partial charge in [-0.1, -0.05) is 6.07 Å². The molecule has 0 radical (unpaired) electrons. The summed E-state index contributed by atoms with van der Waals surface area (Å²) in [7, 11) is 1.69. The standard InChI is InChI=1S/C11H15NO2/c1-14-10-6-11(13,7-10)5-9-3-2-4-12-8-9/h2-4,8,10,13H,5-7H2,1H3. The molecule has 3 nitrogen and oxygen atoms in total. The molecule has 0 amide bonds. The summed E-state index contributed by atoms with van der Waals surface area (Å²) in [5.41, 5.74) is 0.522. The van der Waals surface area contributed by atoms with Gasteiger partial charge in [-0.05, 0) is 11.6 Å². The second-order valence-electron chi connectivity index (χ2n) is 4.03. The van der Waals surface area contributed by atoms with Crippen LogP contribution in [0.5, 0.6) is 0 Å². The second kappa shape index (κ2) is 3.67. The van der Waals surface area contributed by atoms with E-state index in [9.17, 15) is 5.11 Å². The van der Waals surface area contributed by atoms with Crippen LogP contribution in [0.2, 0.25) is 0 Å². The summed E-state index contributed by atoms with van der Waals surface area (Å²) in [5.74, 6) is 0. The smallest absolute Gasteiger partial charge is 0.0737 e. The third-order valence-electron chi connectivity index (χ3n) is 2.80. The van der Waals surface area contributed by atoms with Crippen LogP contribution in [0.1, 0.15) is 18.4 Å². The fraction of sp³-hybridized carbons (Fsp3) is 0.545. The minimum Gasteiger partial charge on any atom is -0.389 e. The number of hydrogen-bond acceptors (Lipinski definition) is 3. The maximum atomic E-state index is 10.1. The summed E-state index contributed by atoms with van der Waals surface area (Å²) in [4.78, 5) is 4.02. The summed E-state index contributed by atoms with van der Waals surface area (Å²) in [6.45, 7) is 0. The predicted molar refractivity (Wildman–Crippen MR) is 52.9 cm³/mol. The molecule has 1 aromatic heterocycles. The monoisotopic (exact) mass is 193 g/mol. The summed E-state index contributed by atoms with van der Waals surface area (Å²) in [6.07, 6.45) is 5.93. The molecule has 14 heavy (non-hydrogen) atoms. The number of ether oxygens (including phenoxy) is 1. The Kier molecular flexibility index (Phi) is 2.52. The largest absolute Gasteiger partial charge is 0.389 e. The zero-order valence-electron chi connectivity index (χ0n) is 8.31. The van der Waals surface area contributed by atoms with E-state index in [1.165, 1.54) is 0 Å². The van der Waals surface area contributed by atoms with Crippen LogP contribution in [0.25, 0.3) is 0 Å². The van der Waals surface area contributed by atoms with Gasteiger partial charge in [-0.3, -0.25) is 4.98 Å². The lowest BCUT2D eigenvalue weighted by atomic mass is 9.74. The van der Waals surface area contributed by atoms with E-state index >= 15 is 0 Å². The lowest BCUT2D eigenvalue weighted by molar-refractivity contribution is -0.126. The molecule has 1 saturated carbocycles. The van der Waals surface area contributed by atoms with Crippen molar-refractivity contribution in [2.45, 2.75) is 31.0 Å². The van der Waals surface area contributed by atoms with Crippen LogP contribution in [0.4, 0.5) is 0 Å². The average molecular weight is 193 g/mol. The second-order valence-corrected chi connectivity index (χ2v) is 4.03. The number of aliphatic hydroxyl groups is 1. The normalized spacial score (nSPS) is 31.1. The third kappa shape index (κ3) is 1.94. The van der Waals surface area contributed by atoms with Gasteiger partial charge in [0.05, 0.1) is 11.7 Å². The first-order chi connectivity index (χ1) is 6.72. The summed E-state index contributed by atoms with van der Waals surface area (Å²) in [6, 6.07) is 3.89. The highest BCUT2D eigenvalue weighted by Gasteiger charge is 2.42. The van der Waals surface area contributed by atoms with Crippen molar-refractivity contribution in [3.63, 3.8) is 0 Å². The van der Waals surface area contributed by atoms with Crippen LogP contribution in [-0.2, 0) is 11.2 Å². The van der Waals surface area contributed by atoms with Crippen LogP contribution >= 0.6 is 0 Å². The van der Waals surface area contributed by atoms with Gasteiger partial charge in [0.1, 0.15) is 0 Å². The molecule has 1 aromatic rings. The Morgan fingerprint density at radius 1 is 1.64 bits per heavy atom. The lowest BCUT2D eigenvalue weighted by Crippen LogP contribution is -2.49. The molecule has 1 N–H and O–H groups in total. The van der Waals surface area contributed by atoms with Gasteiger partial charge < -0.3 is 9.84 Å². The third-order valence-corrected chi connectivity index (χ3v) is 2.80. The Morgan fingerprint density at radius 3 is 3.00 bits per heavy atom. The van der Waals surface area contributed by atoms with Gasteiger partial charge >= 0.3 is 0 Å². The van der Waals surface area contributed by atoms with E-state index in [1.54, 1.807) is 19.5 Å². The summed E-state index contributed by atoms with van der Waals surface area (Å²) >= 11 is 0. The highest BCUT2D eigenvalue weighted by atomic mass is 16.5. The molecular formula is C11H15NO2. The Balaban J connectivity index is 1.93. The molecule has 76 valence electrons. The molecule has 1 fully saturated rings. The Bertz CT molecular complexity index is 293. The molecule has 2 rings (SSSR count). The van der Waals surface area contributed by atoms with Crippen LogP contribution in [0.3, 0.4) is 0 Å². The van der Waals surface area contributed by atoms with Crippen LogP contribution in [0, 0.1) is 0 Å². The molecule has 0 bridgehead atoms. The van der Waals surface area contributed by atoms with Gasteiger partial charge in [-0.2, -0.15) is 0 Å². The Hall–Kier alpha value is -0.930. The zero-order chi connectivity index (χ0) is 10.0. The maximum Gasteiger partial charge on any atom is 0.0737 e. The van der Waals surface area contributed by atoms with Gasteiger partial charge in [-0.15, -0.1) is 0 Å². The summed E-state index contributed by atoms with van der Waals surface area (Å²) < 4.78 is 5.14. The minimum atomic E-state index is -0.566. The van der Waals surface area contributed by atoms with E-state index in [2.05, 4.69) is 4.98 Å². The average Bonchev–Trinajstić information content (AvgIpc) is 2.15. The number of hydrogen-bond donors (Lipinski definition) is 1. The van der Waals surface area contributed by atoms with E-state index in [0.29, 0.717) is 6.42 Å².